The highest BCUT2D eigenvalue weighted by Gasteiger charge is 2.16. The van der Waals surface area contributed by atoms with Gasteiger partial charge in [0.05, 0.1) is 43.9 Å². The lowest BCUT2D eigenvalue weighted by Crippen LogP contribution is -2.30. The molecule has 1 aliphatic carbocycles. The smallest absolute Gasteiger partial charge is 0.166 e. The molecular formula is C35H42N6O2S6. The summed E-state index contributed by atoms with van der Waals surface area (Å²) in [5, 5.41) is 9.34. The first-order chi connectivity index (χ1) is 23.8. The second-order valence-electron chi connectivity index (χ2n) is 12.7. The number of nitrogens with one attached hydrogen (secondary N) is 2. The van der Waals surface area contributed by atoms with E-state index in [1.807, 2.05) is 18.2 Å². The summed E-state index contributed by atoms with van der Waals surface area (Å²) in [6.07, 6.45) is 6.79. The van der Waals surface area contributed by atoms with Gasteiger partial charge in [0.15, 0.2) is 13.0 Å². The molecule has 3 N–H and O–H groups in total. The quantitative estimate of drug-likeness (QED) is 0.135. The lowest BCUT2D eigenvalue weighted by Gasteiger charge is -2.23. The van der Waals surface area contributed by atoms with E-state index in [2.05, 4.69) is 85.9 Å². The molecule has 0 atom stereocenters. The van der Waals surface area contributed by atoms with Crippen LogP contribution < -0.4 is 9.44 Å². The van der Waals surface area contributed by atoms with E-state index in [0.29, 0.717) is 6.04 Å². The lowest BCUT2D eigenvalue weighted by atomic mass is 9.96. The first kappa shape index (κ1) is 36.8. The average molecular weight is 771 g/mol. The second-order valence-corrected chi connectivity index (χ2v) is 19.2. The van der Waals surface area contributed by atoms with E-state index in [1.54, 1.807) is 70.0 Å². The van der Waals surface area contributed by atoms with Gasteiger partial charge in [-0.05, 0) is 106 Å². The molecule has 1 saturated heterocycles. The normalized spacial score (nSPS) is 16.0. The molecule has 8 nitrogen and oxygen atoms in total. The summed E-state index contributed by atoms with van der Waals surface area (Å²) in [7, 11) is 0. The SMILES string of the molecule is CC(C)(C)NSc1nc2cc(O)ccc2s1.c1ccc2sc(SN3CCOCC3)nc2c1.c1ccc2sc(SNC3CCCCC3)nc2c1. The van der Waals surface area contributed by atoms with Crippen LogP contribution in [-0.4, -0.2) is 62.2 Å². The number of aromatic nitrogens is 3. The molecule has 2 aliphatic rings. The van der Waals surface area contributed by atoms with Gasteiger partial charge >= 0.3 is 0 Å². The minimum Gasteiger partial charge on any atom is -0.508 e. The molecule has 3 aromatic heterocycles. The van der Waals surface area contributed by atoms with Gasteiger partial charge in [0, 0.05) is 30.7 Å². The molecule has 2 fully saturated rings. The van der Waals surface area contributed by atoms with Crippen LogP contribution in [-0.2, 0) is 4.74 Å². The van der Waals surface area contributed by atoms with Crippen molar-refractivity contribution in [2.24, 2.45) is 0 Å². The summed E-state index contributed by atoms with van der Waals surface area (Å²) in [4.78, 5) is 13.7. The molecule has 0 unspecified atom stereocenters. The number of fused-ring (bicyclic) bond motifs is 3. The van der Waals surface area contributed by atoms with Gasteiger partial charge in [-0.1, -0.05) is 43.5 Å². The Kier molecular flexibility index (Phi) is 13.5. The fraction of sp³-hybridized carbons (Fsp3) is 0.400. The van der Waals surface area contributed by atoms with Gasteiger partial charge < -0.3 is 9.84 Å². The molecule has 1 saturated carbocycles. The molecule has 4 heterocycles. The Morgan fingerprint density at radius 1 is 0.735 bits per heavy atom. The van der Waals surface area contributed by atoms with Crippen LogP contribution in [0, 0.1) is 0 Å². The summed E-state index contributed by atoms with van der Waals surface area (Å²) in [6.45, 7) is 9.97. The van der Waals surface area contributed by atoms with Crippen LogP contribution >= 0.6 is 69.9 Å². The Hall–Kier alpha value is -1.98. The van der Waals surface area contributed by atoms with Crippen molar-refractivity contribution in [2.45, 2.75) is 77.5 Å². The molecule has 0 amide bonds. The Morgan fingerprint density at radius 3 is 1.96 bits per heavy atom. The van der Waals surface area contributed by atoms with Gasteiger partial charge in [0.1, 0.15) is 5.75 Å². The van der Waals surface area contributed by atoms with Gasteiger partial charge in [-0.3, -0.25) is 9.44 Å². The largest absolute Gasteiger partial charge is 0.508 e. The number of hydrogen-bond donors (Lipinski definition) is 3. The number of hydrogen-bond acceptors (Lipinski definition) is 14. The molecule has 0 spiro atoms. The highest BCUT2D eigenvalue weighted by Crippen LogP contribution is 2.33. The molecule has 260 valence electrons. The van der Waals surface area contributed by atoms with Crippen LogP contribution in [0.4, 0.5) is 0 Å². The van der Waals surface area contributed by atoms with Crippen LogP contribution in [0.3, 0.4) is 0 Å². The number of ether oxygens (including phenoxy) is 1. The molecular weight excluding hydrogens is 729 g/mol. The topological polar surface area (TPSA) is 95.4 Å². The summed E-state index contributed by atoms with van der Waals surface area (Å²) in [6, 6.07) is 22.6. The highest BCUT2D eigenvalue weighted by molar-refractivity contribution is 7.99. The molecule has 0 bridgehead atoms. The van der Waals surface area contributed by atoms with Crippen LogP contribution in [0.15, 0.2) is 79.7 Å². The monoisotopic (exact) mass is 770 g/mol. The number of nitrogens with zero attached hydrogens (tertiary/aromatic N) is 4. The van der Waals surface area contributed by atoms with E-state index >= 15 is 0 Å². The number of para-hydroxylation sites is 2. The highest BCUT2D eigenvalue weighted by atomic mass is 32.2. The third kappa shape index (κ3) is 11.5. The fourth-order valence-corrected chi connectivity index (χ4v) is 10.8. The number of thiazole rings is 3. The van der Waals surface area contributed by atoms with Gasteiger partial charge in [0.25, 0.3) is 0 Å². The zero-order valence-electron chi connectivity index (χ0n) is 27.9. The maximum Gasteiger partial charge on any atom is 0.166 e. The number of phenols is 1. The second kappa shape index (κ2) is 18.0. The first-order valence-corrected chi connectivity index (χ1v) is 21.3. The average Bonchev–Trinajstić information content (AvgIpc) is 3.83. The van der Waals surface area contributed by atoms with E-state index in [1.165, 1.54) is 53.5 Å². The van der Waals surface area contributed by atoms with E-state index in [4.69, 9.17) is 4.74 Å². The predicted molar refractivity (Wildman–Crippen MR) is 213 cm³/mol. The summed E-state index contributed by atoms with van der Waals surface area (Å²) >= 11 is 10.2. The zero-order chi connectivity index (χ0) is 34.1. The number of morpholine rings is 1. The van der Waals surface area contributed by atoms with Crippen LogP contribution in [0.1, 0.15) is 52.9 Å². The van der Waals surface area contributed by atoms with E-state index in [-0.39, 0.29) is 11.3 Å². The van der Waals surface area contributed by atoms with Gasteiger partial charge in [-0.15, -0.1) is 34.0 Å². The van der Waals surface area contributed by atoms with Crippen LogP contribution in [0.5, 0.6) is 5.75 Å². The van der Waals surface area contributed by atoms with Crippen molar-refractivity contribution in [3.05, 3.63) is 66.7 Å². The molecule has 49 heavy (non-hydrogen) atoms. The van der Waals surface area contributed by atoms with Gasteiger partial charge in [-0.2, -0.15) is 0 Å². The molecule has 1 aliphatic heterocycles. The van der Waals surface area contributed by atoms with Crippen molar-refractivity contribution in [3.63, 3.8) is 0 Å². The Balaban J connectivity index is 0.000000128. The summed E-state index contributed by atoms with van der Waals surface area (Å²) in [5.74, 6) is 0.262. The maximum atomic E-state index is 9.34. The molecule has 6 aromatic rings. The van der Waals surface area contributed by atoms with Crippen LogP contribution in [0.2, 0.25) is 0 Å². The third-order valence-corrected chi connectivity index (χ3v) is 14.0. The number of phenolic OH excluding ortho intramolecular Hbond substituents is 1. The lowest BCUT2D eigenvalue weighted by molar-refractivity contribution is 0.0773. The van der Waals surface area contributed by atoms with Crippen LogP contribution in [0.25, 0.3) is 30.6 Å². The summed E-state index contributed by atoms with van der Waals surface area (Å²) in [5.41, 5.74) is 3.13. The van der Waals surface area contributed by atoms with Crippen molar-refractivity contribution < 1.29 is 9.84 Å². The fourth-order valence-electron chi connectivity index (χ4n) is 5.02. The Bertz CT molecular complexity index is 1840. The summed E-state index contributed by atoms with van der Waals surface area (Å²) < 4.78 is 21.4. The van der Waals surface area contributed by atoms with Crippen molar-refractivity contribution in [1.82, 2.24) is 28.7 Å². The van der Waals surface area contributed by atoms with Crippen molar-refractivity contribution in [3.8, 4) is 5.75 Å². The Morgan fingerprint density at radius 2 is 1.31 bits per heavy atom. The molecule has 0 radical (unpaired) electrons. The zero-order valence-corrected chi connectivity index (χ0v) is 32.8. The number of rotatable bonds is 7. The molecule has 3 aromatic carbocycles. The minimum atomic E-state index is 0.0602. The van der Waals surface area contributed by atoms with E-state index in [9.17, 15) is 5.11 Å². The maximum absolute atomic E-state index is 9.34. The predicted octanol–water partition coefficient (Wildman–Crippen LogP) is 10.3. The molecule has 8 rings (SSSR count). The first-order valence-electron chi connectivity index (χ1n) is 16.5. The van der Waals surface area contributed by atoms with E-state index in [0.717, 1.165) is 60.6 Å². The van der Waals surface area contributed by atoms with Crippen molar-refractivity contribution >= 4 is 101 Å². The van der Waals surface area contributed by atoms with Crippen molar-refractivity contribution in [2.75, 3.05) is 26.3 Å². The third-order valence-electron chi connectivity index (χ3n) is 7.44. The Labute approximate surface area is 313 Å². The minimum absolute atomic E-state index is 0.0602. The molecule has 14 heteroatoms. The van der Waals surface area contributed by atoms with Gasteiger partial charge in [0.2, 0.25) is 0 Å². The van der Waals surface area contributed by atoms with Crippen molar-refractivity contribution in [1.29, 1.82) is 0 Å². The van der Waals surface area contributed by atoms with Gasteiger partial charge in [-0.25, -0.2) is 19.3 Å². The standard InChI is InChI=1S/C13H16N2S2.C11H12N2OS2.C11H14N2OS2/c1-2-6-10(7-3-1)15-17-13-14-11-8-4-5-9-12(11)16-13;1-2-4-10-9(3-1)12-11(15-10)16-13-5-7-14-8-6-13;1-11(2,3)13-16-10-12-8-6-7(14)4-5-9(8)15-10/h4-5,8-10,15H,1-3,6-7H2;1-4H,5-8H2;4-6,13-14H,1-3H3. The van der Waals surface area contributed by atoms with E-state index < -0.39 is 0 Å². The number of aromatic hydroxyl groups is 1. The number of benzene rings is 3.